The highest BCUT2D eigenvalue weighted by Gasteiger charge is 2.13. The number of nitrogens with one attached hydrogen (secondary N) is 2. The summed E-state index contributed by atoms with van der Waals surface area (Å²) in [6, 6.07) is 10.7. The molecule has 0 aliphatic carbocycles. The summed E-state index contributed by atoms with van der Waals surface area (Å²) >= 11 is 4.08. The van der Waals surface area contributed by atoms with E-state index in [-0.39, 0.29) is 27.6 Å². The summed E-state index contributed by atoms with van der Waals surface area (Å²) < 4.78 is 26.7. The lowest BCUT2D eigenvalue weighted by molar-refractivity contribution is -0.114. The van der Waals surface area contributed by atoms with E-state index in [0.29, 0.717) is 11.8 Å². The molecule has 24 heavy (non-hydrogen) atoms. The van der Waals surface area contributed by atoms with Crippen molar-refractivity contribution in [2.75, 3.05) is 22.1 Å². The molecule has 4 nitrogen and oxygen atoms in total. The van der Waals surface area contributed by atoms with Crippen molar-refractivity contribution in [3.63, 3.8) is 0 Å². The fraction of sp³-hybridized carbons (Fsp3) is 0.125. The molecule has 0 aliphatic rings. The Morgan fingerprint density at radius 3 is 2.25 bits per heavy atom. The van der Waals surface area contributed by atoms with Gasteiger partial charge in [0.05, 0.1) is 17.2 Å². The molecule has 2 amide bonds. The Bertz CT molecular complexity index is 721. The number of carbonyl (C=O) groups is 2. The third-order valence-electron chi connectivity index (χ3n) is 2.80. The maximum Gasteiger partial charge on any atom is 0.234 e. The second-order valence-corrected chi connectivity index (χ2v) is 6.54. The molecule has 8 heteroatoms. The summed E-state index contributed by atoms with van der Waals surface area (Å²) in [5.74, 6) is -2.31. The smallest absolute Gasteiger partial charge is 0.234 e. The number of halogens is 3. The summed E-state index contributed by atoms with van der Waals surface area (Å²) in [6.45, 7) is 0. The predicted octanol–water partition coefficient (Wildman–Crippen LogP) is 4.04. The van der Waals surface area contributed by atoms with E-state index in [2.05, 4.69) is 26.6 Å². The summed E-state index contributed by atoms with van der Waals surface area (Å²) in [5, 5.41) is 5.04. The molecular weight excluding hydrogens is 402 g/mol. The van der Waals surface area contributed by atoms with Crippen molar-refractivity contribution in [1.29, 1.82) is 0 Å². The molecule has 0 spiro atoms. The van der Waals surface area contributed by atoms with Gasteiger partial charge < -0.3 is 10.6 Å². The molecule has 0 atom stereocenters. The van der Waals surface area contributed by atoms with Gasteiger partial charge in [-0.05, 0) is 34.1 Å². The van der Waals surface area contributed by atoms with Gasteiger partial charge in [0.2, 0.25) is 11.8 Å². The van der Waals surface area contributed by atoms with Crippen LogP contribution in [0.15, 0.2) is 46.9 Å². The average Bonchev–Trinajstić information content (AvgIpc) is 2.52. The third kappa shape index (κ3) is 5.61. The zero-order valence-electron chi connectivity index (χ0n) is 12.3. The Kier molecular flexibility index (Phi) is 6.74. The SMILES string of the molecule is O=C(CSCC(=O)Nc1c(F)cc(F)cc1Br)Nc1ccccc1. The van der Waals surface area contributed by atoms with E-state index in [4.69, 9.17) is 0 Å². The van der Waals surface area contributed by atoms with Crippen molar-refractivity contribution in [3.8, 4) is 0 Å². The first kappa shape index (κ1) is 18.4. The summed E-state index contributed by atoms with van der Waals surface area (Å²) in [6.07, 6.45) is 0. The molecule has 2 rings (SSSR count). The van der Waals surface area contributed by atoms with Crippen molar-refractivity contribution < 1.29 is 18.4 Å². The molecule has 2 aromatic rings. The minimum absolute atomic E-state index is 0.0362. The second-order valence-electron chi connectivity index (χ2n) is 4.70. The van der Waals surface area contributed by atoms with Gasteiger partial charge in [0.1, 0.15) is 5.82 Å². The van der Waals surface area contributed by atoms with Gasteiger partial charge in [0.25, 0.3) is 0 Å². The van der Waals surface area contributed by atoms with Crippen LogP contribution in [0.5, 0.6) is 0 Å². The Morgan fingerprint density at radius 1 is 1.00 bits per heavy atom. The maximum atomic E-state index is 13.6. The zero-order valence-corrected chi connectivity index (χ0v) is 14.7. The Morgan fingerprint density at radius 2 is 1.62 bits per heavy atom. The van der Waals surface area contributed by atoms with E-state index in [0.717, 1.165) is 17.8 Å². The van der Waals surface area contributed by atoms with Crippen LogP contribution in [-0.2, 0) is 9.59 Å². The summed E-state index contributed by atoms with van der Waals surface area (Å²) in [7, 11) is 0. The first-order valence-electron chi connectivity index (χ1n) is 6.83. The lowest BCUT2D eigenvalue weighted by Crippen LogP contribution is -2.19. The van der Waals surface area contributed by atoms with Gasteiger partial charge >= 0.3 is 0 Å². The lowest BCUT2D eigenvalue weighted by atomic mass is 10.3. The quantitative estimate of drug-likeness (QED) is 0.749. The first-order chi connectivity index (χ1) is 11.5. The lowest BCUT2D eigenvalue weighted by Gasteiger charge is -2.09. The standard InChI is InChI=1S/C16H13BrF2N2O2S/c17-12-6-10(18)7-13(19)16(12)21-15(23)9-24-8-14(22)20-11-4-2-1-3-5-11/h1-7H,8-9H2,(H,20,22)(H,21,23). The number of rotatable bonds is 6. The minimum atomic E-state index is -0.873. The van der Waals surface area contributed by atoms with Crippen molar-refractivity contribution >= 4 is 50.9 Å². The minimum Gasteiger partial charge on any atom is -0.325 e. The Labute approximate surface area is 150 Å². The van der Waals surface area contributed by atoms with E-state index in [1.807, 2.05) is 6.07 Å². The van der Waals surface area contributed by atoms with Gasteiger partial charge in [-0.1, -0.05) is 18.2 Å². The van der Waals surface area contributed by atoms with E-state index in [9.17, 15) is 18.4 Å². The normalized spacial score (nSPS) is 10.3. The van der Waals surface area contributed by atoms with Crippen LogP contribution in [0.1, 0.15) is 0 Å². The summed E-state index contributed by atoms with van der Waals surface area (Å²) in [4.78, 5) is 23.5. The van der Waals surface area contributed by atoms with E-state index < -0.39 is 17.5 Å². The van der Waals surface area contributed by atoms with Gasteiger partial charge in [-0.25, -0.2) is 8.78 Å². The number of thioether (sulfide) groups is 1. The largest absolute Gasteiger partial charge is 0.325 e. The summed E-state index contributed by atoms with van der Waals surface area (Å²) in [5.41, 5.74) is 0.542. The van der Waals surface area contributed by atoms with Crippen molar-refractivity contribution in [1.82, 2.24) is 0 Å². The number of amides is 2. The van der Waals surface area contributed by atoms with Gasteiger partial charge in [-0.15, -0.1) is 11.8 Å². The van der Waals surface area contributed by atoms with Crippen molar-refractivity contribution in [2.24, 2.45) is 0 Å². The fourth-order valence-electron chi connectivity index (χ4n) is 1.79. The number of hydrogen-bond acceptors (Lipinski definition) is 3. The van der Waals surface area contributed by atoms with E-state index >= 15 is 0 Å². The molecule has 2 N–H and O–H groups in total. The number of carbonyl (C=O) groups excluding carboxylic acids is 2. The molecule has 2 aromatic carbocycles. The van der Waals surface area contributed by atoms with Gasteiger partial charge in [-0.3, -0.25) is 9.59 Å². The van der Waals surface area contributed by atoms with Gasteiger partial charge in [-0.2, -0.15) is 0 Å². The highest BCUT2D eigenvalue weighted by atomic mass is 79.9. The van der Waals surface area contributed by atoms with Crippen LogP contribution in [0.4, 0.5) is 20.2 Å². The number of para-hydroxylation sites is 1. The Hall–Kier alpha value is -1.93. The predicted molar refractivity (Wildman–Crippen MR) is 95.1 cm³/mol. The van der Waals surface area contributed by atoms with Crippen molar-refractivity contribution in [3.05, 3.63) is 58.6 Å². The highest BCUT2D eigenvalue weighted by molar-refractivity contribution is 9.10. The monoisotopic (exact) mass is 414 g/mol. The van der Waals surface area contributed by atoms with E-state index in [1.54, 1.807) is 24.3 Å². The van der Waals surface area contributed by atoms with Gasteiger partial charge in [0, 0.05) is 16.2 Å². The fourth-order valence-corrected chi connectivity index (χ4v) is 2.92. The second kappa shape index (κ2) is 8.79. The molecule has 0 heterocycles. The van der Waals surface area contributed by atoms with Gasteiger partial charge in [0.15, 0.2) is 5.82 Å². The van der Waals surface area contributed by atoms with Crippen LogP contribution in [-0.4, -0.2) is 23.3 Å². The average molecular weight is 415 g/mol. The van der Waals surface area contributed by atoms with Crippen LogP contribution in [0, 0.1) is 11.6 Å². The third-order valence-corrected chi connectivity index (χ3v) is 4.35. The van der Waals surface area contributed by atoms with Crippen LogP contribution in [0.2, 0.25) is 0 Å². The van der Waals surface area contributed by atoms with E-state index in [1.165, 1.54) is 0 Å². The first-order valence-corrected chi connectivity index (χ1v) is 8.77. The Balaban J connectivity index is 1.78. The molecule has 0 radical (unpaired) electrons. The van der Waals surface area contributed by atoms with Crippen LogP contribution >= 0.6 is 27.7 Å². The molecule has 0 saturated carbocycles. The van der Waals surface area contributed by atoms with Crippen molar-refractivity contribution in [2.45, 2.75) is 0 Å². The molecule has 0 aliphatic heterocycles. The highest BCUT2D eigenvalue weighted by Crippen LogP contribution is 2.27. The molecule has 126 valence electrons. The number of anilines is 2. The topological polar surface area (TPSA) is 58.2 Å². The van der Waals surface area contributed by atoms with Crippen LogP contribution in [0.3, 0.4) is 0 Å². The van der Waals surface area contributed by atoms with Crippen LogP contribution < -0.4 is 10.6 Å². The molecule has 0 saturated heterocycles. The molecule has 0 bridgehead atoms. The number of benzene rings is 2. The molecular formula is C16H13BrF2N2O2S. The molecule has 0 aromatic heterocycles. The maximum absolute atomic E-state index is 13.6. The van der Waals surface area contributed by atoms with Crippen LogP contribution in [0.25, 0.3) is 0 Å². The number of hydrogen-bond donors (Lipinski definition) is 2. The molecule has 0 fully saturated rings. The molecule has 0 unspecified atom stereocenters. The zero-order chi connectivity index (χ0) is 17.5.